The molecule has 0 spiro atoms. The van der Waals surface area contributed by atoms with Crippen LogP contribution in [0.1, 0.15) is 22.5 Å². The molecule has 2 heterocycles. The number of carbonyl (C=O) groups is 3. The van der Waals surface area contributed by atoms with Crippen LogP contribution in [0.15, 0.2) is 60.2 Å². The molecule has 6 nitrogen and oxygen atoms in total. The van der Waals surface area contributed by atoms with Crippen molar-refractivity contribution in [1.82, 2.24) is 9.88 Å². The number of hydrogen-bond acceptors (Lipinski definition) is 3. The molecule has 2 aromatic carbocycles. The highest BCUT2D eigenvalue weighted by Gasteiger charge is 2.37. The molecular weight excluding hydrogens is 414 g/mol. The van der Waals surface area contributed by atoms with Crippen molar-refractivity contribution in [2.75, 3.05) is 4.90 Å². The van der Waals surface area contributed by atoms with Crippen molar-refractivity contribution >= 4 is 41.2 Å². The third-order valence-electron chi connectivity index (χ3n) is 5.32. The molecule has 4 rings (SSSR count). The smallest absolute Gasteiger partial charge is 0.316 e. The number of nitrogens with zero attached hydrogens (tertiary/aromatic N) is 2. The largest absolute Gasteiger partial charge is 0.335 e. The molecule has 1 saturated heterocycles. The molecule has 3 aromatic rings. The normalized spacial score (nSPS) is 15.5. The monoisotopic (exact) mass is 433 g/mol. The maximum absolute atomic E-state index is 13.2. The van der Waals surface area contributed by atoms with Gasteiger partial charge in [0.2, 0.25) is 0 Å². The van der Waals surface area contributed by atoms with Gasteiger partial charge in [-0.25, -0.2) is 9.69 Å². The van der Waals surface area contributed by atoms with Crippen molar-refractivity contribution in [3.8, 4) is 5.69 Å². The number of aromatic nitrogens is 1. The van der Waals surface area contributed by atoms with Gasteiger partial charge in [-0.15, -0.1) is 0 Å². The Morgan fingerprint density at radius 1 is 0.903 bits per heavy atom. The molecule has 0 bridgehead atoms. The van der Waals surface area contributed by atoms with E-state index >= 15 is 0 Å². The van der Waals surface area contributed by atoms with E-state index in [1.165, 1.54) is 6.08 Å². The third kappa shape index (κ3) is 3.55. The fourth-order valence-electron chi connectivity index (χ4n) is 3.78. The van der Waals surface area contributed by atoms with Gasteiger partial charge in [0.15, 0.2) is 0 Å². The number of imide groups is 2. The first-order chi connectivity index (χ1) is 14.8. The fraction of sp³-hybridized carbons (Fsp3) is 0.125. The van der Waals surface area contributed by atoms with Crippen molar-refractivity contribution in [1.29, 1.82) is 0 Å². The maximum atomic E-state index is 13.2. The average Bonchev–Trinajstić information content (AvgIpc) is 3.00. The van der Waals surface area contributed by atoms with Crippen LogP contribution in [-0.2, 0) is 9.59 Å². The summed E-state index contributed by atoms with van der Waals surface area (Å²) >= 11 is 6.37. The van der Waals surface area contributed by atoms with Crippen molar-refractivity contribution in [2.45, 2.75) is 20.8 Å². The maximum Gasteiger partial charge on any atom is 0.335 e. The Kier molecular flexibility index (Phi) is 5.25. The van der Waals surface area contributed by atoms with Gasteiger partial charge in [0.1, 0.15) is 5.57 Å². The Bertz CT molecular complexity index is 1270. The number of carbonyl (C=O) groups excluding carboxylic acids is 3. The van der Waals surface area contributed by atoms with Crippen LogP contribution in [0.3, 0.4) is 0 Å². The van der Waals surface area contributed by atoms with Crippen LogP contribution in [-0.4, -0.2) is 22.4 Å². The summed E-state index contributed by atoms with van der Waals surface area (Å²) in [5.74, 6) is -1.38. The predicted octanol–water partition coefficient (Wildman–Crippen LogP) is 4.72. The summed E-state index contributed by atoms with van der Waals surface area (Å²) in [5, 5.41) is 2.86. The summed E-state index contributed by atoms with van der Waals surface area (Å²) in [4.78, 5) is 39.1. The van der Waals surface area contributed by atoms with Gasteiger partial charge in [-0.2, -0.15) is 0 Å². The minimum absolute atomic E-state index is 0.109. The number of urea groups is 1. The minimum atomic E-state index is -0.761. The molecule has 0 aliphatic carbocycles. The number of hydrogen-bond donors (Lipinski definition) is 1. The molecule has 0 atom stereocenters. The van der Waals surface area contributed by atoms with Gasteiger partial charge in [-0.05, 0) is 62.2 Å². The third-order valence-corrected chi connectivity index (χ3v) is 5.64. The summed E-state index contributed by atoms with van der Waals surface area (Å²) in [5.41, 5.74) is 4.28. The zero-order chi connectivity index (χ0) is 22.3. The van der Waals surface area contributed by atoms with E-state index < -0.39 is 17.8 Å². The molecule has 1 aliphatic heterocycles. The summed E-state index contributed by atoms with van der Waals surface area (Å²) in [7, 11) is 0. The molecule has 7 heteroatoms. The molecule has 1 N–H and O–H groups in total. The van der Waals surface area contributed by atoms with Crippen LogP contribution >= 0.6 is 11.6 Å². The topological polar surface area (TPSA) is 71.4 Å². The highest BCUT2D eigenvalue weighted by molar-refractivity contribution is 6.39. The number of halogens is 1. The van der Waals surface area contributed by atoms with E-state index in [9.17, 15) is 14.4 Å². The van der Waals surface area contributed by atoms with Gasteiger partial charge in [-0.1, -0.05) is 41.9 Å². The molecule has 1 aliphatic rings. The van der Waals surface area contributed by atoms with E-state index in [1.54, 1.807) is 31.2 Å². The first-order valence-corrected chi connectivity index (χ1v) is 10.1. The Morgan fingerprint density at radius 3 is 2.23 bits per heavy atom. The zero-order valence-electron chi connectivity index (χ0n) is 17.3. The molecule has 0 saturated carbocycles. The van der Waals surface area contributed by atoms with Crippen LogP contribution in [0.5, 0.6) is 0 Å². The minimum Gasteiger partial charge on any atom is -0.316 e. The lowest BCUT2D eigenvalue weighted by Gasteiger charge is -2.27. The van der Waals surface area contributed by atoms with Crippen LogP contribution in [0.25, 0.3) is 11.8 Å². The van der Waals surface area contributed by atoms with Gasteiger partial charge >= 0.3 is 6.03 Å². The van der Waals surface area contributed by atoms with Crippen LogP contribution in [0.4, 0.5) is 10.5 Å². The first kappa shape index (κ1) is 20.6. The van der Waals surface area contributed by atoms with E-state index in [2.05, 4.69) is 5.32 Å². The second-order valence-corrected chi connectivity index (χ2v) is 7.76. The van der Waals surface area contributed by atoms with Crippen LogP contribution < -0.4 is 10.2 Å². The molecule has 0 unspecified atom stereocenters. The summed E-state index contributed by atoms with van der Waals surface area (Å²) in [6, 6.07) is 15.6. The second-order valence-electron chi connectivity index (χ2n) is 7.36. The number of nitrogens with one attached hydrogen (secondary N) is 1. The van der Waals surface area contributed by atoms with Gasteiger partial charge in [0, 0.05) is 11.4 Å². The van der Waals surface area contributed by atoms with E-state index in [-0.39, 0.29) is 5.57 Å². The SMILES string of the molecule is Cc1ccccc1N1C(=O)NC(=O)/C(=C\c2cc(C)n(-c3ccccc3Cl)c2C)C1=O. The van der Waals surface area contributed by atoms with Crippen molar-refractivity contribution < 1.29 is 14.4 Å². The van der Waals surface area contributed by atoms with E-state index in [4.69, 9.17) is 11.6 Å². The summed E-state index contributed by atoms with van der Waals surface area (Å²) < 4.78 is 1.96. The van der Waals surface area contributed by atoms with Crippen molar-refractivity contribution in [3.63, 3.8) is 0 Å². The van der Waals surface area contributed by atoms with E-state index in [1.807, 2.05) is 48.7 Å². The number of amides is 4. The molecule has 1 fully saturated rings. The molecular formula is C24H20ClN3O3. The molecule has 1 aromatic heterocycles. The number of rotatable bonds is 3. The average molecular weight is 434 g/mol. The molecule has 4 amide bonds. The molecule has 0 radical (unpaired) electrons. The molecule has 156 valence electrons. The number of para-hydroxylation sites is 2. The number of anilines is 1. The van der Waals surface area contributed by atoms with E-state index in [0.29, 0.717) is 16.3 Å². The van der Waals surface area contributed by atoms with Gasteiger partial charge < -0.3 is 4.57 Å². The van der Waals surface area contributed by atoms with Crippen LogP contribution in [0, 0.1) is 20.8 Å². The number of benzene rings is 2. The van der Waals surface area contributed by atoms with Crippen molar-refractivity contribution in [3.05, 3.63) is 87.7 Å². The predicted molar refractivity (Wildman–Crippen MR) is 120 cm³/mol. The quantitative estimate of drug-likeness (QED) is 0.479. The number of barbiturate groups is 1. The zero-order valence-corrected chi connectivity index (χ0v) is 18.0. The lowest BCUT2D eigenvalue weighted by atomic mass is 10.1. The first-order valence-electron chi connectivity index (χ1n) is 9.70. The van der Waals surface area contributed by atoms with E-state index in [0.717, 1.165) is 27.5 Å². The van der Waals surface area contributed by atoms with Gasteiger partial charge in [0.25, 0.3) is 11.8 Å². The highest BCUT2D eigenvalue weighted by Crippen LogP contribution is 2.29. The van der Waals surface area contributed by atoms with Gasteiger partial charge in [0.05, 0.1) is 16.4 Å². The summed E-state index contributed by atoms with van der Waals surface area (Å²) in [6.45, 7) is 5.61. The standard InChI is InChI=1S/C24H20ClN3O3/c1-14-8-4-6-10-20(14)28-23(30)18(22(29)26-24(28)31)13-17-12-15(2)27(16(17)3)21-11-7-5-9-19(21)25/h4-13H,1-3H3,(H,26,29,31)/b18-13+. The van der Waals surface area contributed by atoms with Crippen LogP contribution in [0.2, 0.25) is 5.02 Å². The fourth-order valence-corrected chi connectivity index (χ4v) is 4.00. The second kappa shape index (κ2) is 7.89. The Morgan fingerprint density at radius 2 is 1.55 bits per heavy atom. The Labute approximate surface area is 184 Å². The van der Waals surface area contributed by atoms with Gasteiger partial charge in [-0.3, -0.25) is 14.9 Å². The lowest BCUT2D eigenvalue weighted by molar-refractivity contribution is -0.122. The van der Waals surface area contributed by atoms with Crippen molar-refractivity contribution in [2.24, 2.45) is 0 Å². The Hall–Kier alpha value is -3.64. The lowest BCUT2D eigenvalue weighted by Crippen LogP contribution is -2.54. The summed E-state index contributed by atoms with van der Waals surface area (Å²) in [6.07, 6.45) is 1.52. The molecule has 31 heavy (non-hydrogen) atoms. The highest BCUT2D eigenvalue weighted by atomic mass is 35.5. The number of aryl methyl sites for hydroxylation is 2. The Balaban J connectivity index is 1.80.